The minimum Gasteiger partial charge on any atom is -0.269 e. The number of rotatable bonds is 1. The largest absolute Gasteiger partial charge is 0.269 e. The lowest BCUT2D eigenvalue weighted by Crippen LogP contribution is -2.32. The third-order valence-electron chi connectivity index (χ3n) is 3.72. The van der Waals surface area contributed by atoms with Crippen molar-refractivity contribution in [2.75, 3.05) is 5.06 Å². The molecule has 2 bridgehead atoms. The SMILES string of the molecule is C=C(C)[C@@H]1CC2Cc3ccc(Cl)c(C)c3N1O2. The minimum absolute atomic E-state index is 0.290. The molecule has 1 aromatic carbocycles. The average molecular weight is 250 g/mol. The van der Waals surface area contributed by atoms with E-state index in [1.165, 1.54) is 5.56 Å². The van der Waals surface area contributed by atoms with Gasteiger partial charge in [-0.15, -0.1) is 0 Å². The topological polar surface area (TPSA) is 12.5 Å². The van der Waals surface area contributed by atoms with Crippen LogP contribution in [0.1, 0.15) is 24.5 Å². The van der Waals surface area contributed by atoms with Crippen LogP contribution in [0.2, 0.25) is 5.02 Å². The molecular weight excluding hydrogens is 234 g/mol. The summed E-state index contributed by atoms with van der Waals surface area (Å²) >= 11 is 6.20. The molecule has 0 radical (unpaired) electrons. The van der Waals surface area contributed by atoms with E-state index in [-0.39, 0.29) is 0 Å². The summed E-state index contributed by atoms with van der Waals surface area (Å²) in [4.78, 5) is 5.95. The van der Waals surface area contributed by atoms with Crippen molar-refractivity contribution in [3.63, 3.8) is 0 Å². The molecule has 0 aromatic heterocycles. The minimum atomic E-state index is 0.290. The molecule has 1 saturated heterocycles. The monoisotopic (exact) mass is 249 g/mol. The molecule has 0 spiro atoms. The zero-order chi connectivity index (χ0) is 12.2. The van der Waals surface area contributed by atoms with Crippen LogP contribution in [0.25, 0.3) is 0 Å². The fraction of sp³-hybridized carbons (Fsp3) is 0.429. The predicted octanol–water partition coefficient (Wildman–Crippen LogP) is 3.66. The van der Waals surface area contributed by atoms with E-state index in [9.17, 15) is 0 Å². The van der Waals surface area contributed by atoms with Crippen LogP contribution in [-0.2, 0) is 11.3 Å². The zero-order valence-electron chi connectivity index (χ0n) is 10.2. The number of nitrogens with zero attached hydrogens (tertiary/aromatic N) is 1. The number of hydrogen-bond donors (Lipinski definition) is 0. The van der Waals surface area contributed by atoms with Crippen molar-refractivity contribution >= 4 is 17.3 Å². The van der Waals surface area contributed by atoms with Gasteiger partial charge in [0.2, 0.25) is 0 Å². The maximum atomic E-state index is 6.20. The van der Waals surface area contributed by atoms with E-state index in [0.717, 1.165) is 34.7 Å². The number of benzene rings is 1. The number of hydroxylamine groups is 1. The lowest BCUT2D eigenvalue weighted by molar-refractivity contribution is 0.0746. The third-order valence-corrected chi connectivity index (χ3v) is 4.13. The van der Waals surface area contributed by atoms with Crippen LogP contribution in [0.15, 0.2) is 24.3 Å². The predicted molar refractivity (Wildman–Crippen MR) is 70.5 cm³/mol. The Hall–Kier alpha value is -0.990. The molecule has 3 rings (SSSR count). The Balaban J connectivity index is 2.13. The van der Waals surface area contributed by atoms with Gasteiger partial charge in [-0.25, -0.2) is 5.06 Å². The summed E-state index contributed by atoms with van der Waals surface area (Å²) < 4.78 is 0. The lowest BCUT2D eigenvalue weighted by Gasteiger charge is -2.32. The molecule has 2 heterocycles. The van der Waals surface area contributed by atoms with E-state index < -0.39 is 0 Å². The molecule has 3 heteroatoms. The average Bonchev–Trinajstić information content (AvgIpc) is 2.62. The number of anilines is 1. The normalized spacial score (nSPS) is 25.9. The Kier molecular flexibility index (Phi) is 2.46. The first kappa shape index (κ1) is 11.1. The standard InChI is InChI=1S/C14H16ClNO/c1-8(2)13-7-11-6-10-4-5-12(15)9(3)14(10)16(13)17-11/h4-5,11,13H,1,6-7H2,2-3H3/t11?,13-/m0/s1. The lowest BCUT2D eigenvalue weighted by atomic mass is 10.0. The summed E-state index contributed by atoms with van der Waals surface area (Å²) in [6.45, 7) is 8.19. The Labute approximate surface area is 107 Å². The van der Waals surface area contributed by atoms with E-state index in [0.29, 0.717) is 12.1 Å². The van der Waals surface area contributed by atoms with Crippen molar-refractivity contribution in [3.05, 3.63) is 40.4 Å². The maximum absolute atomic E-state index is 6.20. The second-order valence-electron chi connectivity index (χ2n) is 5.04. The van der Waals surface area contributed by atoms with Crippen molar-refractivity contribution in [3.8, 4) is 0 Å². The first-order valence-electron chi connectivity index (χ1n) is 5.97. The maximum Gasteiger partial charge on any atom is 0.0921 e. The van der Waals surface area contributed by atoms with Crippen molar-refractivity contribution in [1.82, 2.24) is 0 Å². The molecule has 90 valence electrons. The van der Waals surface area contributed by atoms with Gasteiger partial charge in [0.05, 0.1) is 17.8 Å². The summed E-state index contributed by atoms with van der Waals surface area (Å²) in [5, 5.41) is 2.82. The van der Waals surface area contributed by atoms with Crippen LogP contribution in [0.5, 0.6) is 0 Å². The van der Waals surface area contributed by atoms with Gasteiger partial charge in [-0.2, -0.15) is 0 Å². The van der Waals surface area contributed by atoms with Crippen molar-refractivity contribution in [2.24, 2.45) is 0 Å². The summed E-state index contributed by atoms with van der Waals surface area (Å²) in [7, 11) is 0. The van der Waals surface area contributed by atoms with E-state index in [1.54, 1.807) is 0 Å². The molecule has 17 heavy (non-hydrogen) atoms. The van der Waals surface area contributed by atoms with Crippen LogP contribution in [0.3, 0.4) is 0 Å². The molecule has 0 amide bonds. The molecule has 0 aliphatic carbocycles. The van der Waals surface area contributed by atoms with Crippen LogP contribution >= 0.6 is 11.6 Å². The smallest absolute Gasteiger partial charge is 0.0921 e. The first-order valence-corrected chi connectivity index (χ1v) is 6.35. The van der Waals surface area contributed by atoms with Crippen LogP contribution in [-0.4, -0.2) is 12.1 Å². The molecule has 0 saturated carbocycles. The van der Waals surface area contributed by atoms with Gasteiger partial charge in [0.1, 0.15) is 0 Å². The van der Waals surface area contributed by atoms with Gasteiger partial charge in [-0.05, 0) is 31.0 Å². The summed E-state index contributed by atoms with van der Waals surface area (Å²) in [6.07, 6.45) is 2.30. The fourth-order valence-corrected chi connectivity index (χ4v) is 2.95. The Morgan fingerprint density at radius 3 is 3.00 bits per heavy atom. The quantitative estimate of drug-likeness (QED) is 0.705. The second kappa shape index (κ2) is 3.76. The third kappa shape index (κ3) is 1.59. The second-order valence-corrected chi connectivity index (χ2v) is 5.44. The Morgan fingerprint density at radius 1 is 1.53 bits per heavy atom. The fourth-order valence-electron chi connectivity index (χ4n) is 2.80. The number of hydrogen-bond acceptors (Lipinski definition) is 2. The van der Waals surface area contributed by atoms with Gasteiger partial charge in [-0.1, -0.05) is 29.8 Å². The molecule has 0 N–H and O–H groups in total. The van der Waals surface area contributed by atoms with Crippen molar-refractivity contribution in [1.29, 1.82) is 0 Å². The molecule has 1 fully saturated rings. The number of fused-ring (bicyclic) bond motifs is 4. The molecule has 1 unspecified atom stereocenters. The molecular formula is C14H16ClNO. The van der Waals surface area contributed by atoms with E-state index >= 15 is 0 Å². The highest BCUT2D eigenvalue weighted by molar-refractivity contribution is 6.31. The van der Waals surface area contributed by atoms with Gasteiger partial charge in [-0.3, -0.25) is 4.84 Å². The van der Waals surface area contributed by atoms with E-state index in [1.807, 2.05) is 11.1 Å². The van der Waals surface area contributed by atoms with Gasteiger partial charge in [0.15, 0.2) is 0 Å². The van der Waals surface area contributed by atoms with Crippen LogP contribution in [0, 0.1) is 6.92 Å². The van der Waals surface area contributed by atoms with Gasteiger partial charge >= 0.3 is 0 Å². The first-order chi connectivity index (χ1) is 8.08. The van der Waals surface area contributed by atoms with Crippen molar-refractivity contribution < 1.29 is 4.84 Å². The summed E-state index contributed by atoms with van der Waals surface area (Å²) in [5.41, 5.74) is 4.75. The summed E-state index contributed by atoms with van der Waals surface area (Å²) in [5.74, 6) is 0. The highest BCUT2D eigenvalue weighted by Gasteiger charge is 2.40. The van der Waals surface area contributed by atoms with E-state index in [2.05, 4.69) is 26.5 Å². The molecule has 2 nitrogen and oxygen atoms in total. The number of halogens is 1. The van der Waals surface area contributed by atoms with Crippen LogP contribution in [0.4, 0.5) is 5.69 Å². The van der Waals surface area contributed by atoms with Gasteiger partial charge in [0.25, 0.3) is 0 Å². The summed E-state index contributed by atoms with van der Waals surface area (Å²) in [6, 6.07) is 4.39. The Morgan fingerprint density at radius 2 is 2.29 bits per heavy atom. The molecule has 2 aliphatic heterocycles. The van der Waals surface area contributed by atoms with Crippen molar-refractivity contribution in [2.45, 2.75) is 38.8 Å². The molecule has 2 atom stereocenters. The van der Waals surface area contributed by atoms with Gasteiger partial charge < -0.3 is 0 Å². The highest BCUT2D eigenvalue weighted by Crippen LogP contribution is 2.43. The van der Waals surface area contributed by atoms with E-state index in [4.69, 9.17) is 16.4 Å². The Bertz CT molecular complexity index is 497. The highest BCUT2D eigenvalue weighted by atomic mass is 35.5. The van der Waals surface area contributed by atoms with Crippen LogP contribution < -0.4 is 5.06 Å². The zero-order valence-corrected chi connectivity index (χ0v) is 10.9. The van der Waals surface area contributed by atoms with Gasteiger partial charge in [0, 0.05) is 17.9 Å². The molecule has 2 aliphatic rings. The molecule has 1 aromatic rings.